The van der Waals surface area contributed by atoms with Gasteiger partial charge in [0, 0.05) is 12.6 Å². The van der Waals surface area contributed by atoms with Crippen LogP contribution in [-0.2, 0) is 0 Å². The van der Waals surface area contributed by atoms with Crippen LogP contribution in [0, 0.1) is 5.92 Å². The Labute approximate surface area is 118 Å². The lowest BCUT2D eigenvalue weighted by molar-refractivity contribution is 0.370. The Balaban J connectivity index is 2.19. The van der Waals surface area contributed by atoms with E-state index < -0.39 is 0 Å². The van der Waals surface area contributed by atoms with Gasteiger partial charge >= 0.3 is 0 Å². The van der Waals surface area contributed by atoms with E-state index in [1.165, 1.54) is 19.2 Å². The largest absolute Gasteiger partial charge is 0.352 e. The monoisotopic (exact) mass is 284 g/mol. The zero-order valence-electron chi connectivity index (χ0n) is 11.4. The minimum atomic E-state index is -0.279. The van der Waals surface area contributed by atoms with Crippen molar-refractivity contribution in [1.29, 1.82) is 0 Å². The number of halogens is 1. The molecule has 1 fully saturated rings. The van der Waals surface area contributed by atoms with Crippen molar-refractivity contribution in [2.75, 3.05) is 24.5 Å². The summed E-state index contributed by atoms with van der Waals surface area (Å²) in [6.07, 6.45) is 3.82. The molecule has 0 radical (unpaired) electrons. The summed E-state index contributed by atoms with van der Waals surface area (Å²) in [5.41, 5.74) is -0.279. The van der Waals surface area contributed by atoms with Crippen LogP contribution in [0.1, 0.15) is 26.7 Å². The number of aromatic nitrogens is 2. The van der Waals surface area contributed by atoms with E-state index in [1.54, 1.807) is 0 Å². The molecular formula is C13H21ClN4O. The lowest BCUT2D eigenvalue weighted by Gasteiger charge is -2.33. The van der Waals surface area contributed by atoms with Crippen LogP contribution < -0.4 is 15.8 Å². The first-order valence-corrected chi connectivity index (χ1v) is 7.18. The molecule has 0 amide bonds. The van der Waals surface area contributed by atoms with Gasteiger partial charge in [0.05, 0.1) is 6.33 Å². The van der Waals surface area contributed by atoms with Crippen LogP contribution in [0.3, 0.4) is 0 Å². The fourth-order valence-electron chi connectivity index (χ4n) is 2.47. The van der Waals surface area contributed by atoms with E-state index >= 15 is 0 Å². The number of nitrogens with one attached hydrogen (secondary N) is 2. The maximum absolute atomic E-state index is 11.6. The highest BCUT2D eigenvalue weighted by Gasteiger charge is 2.22. The standard InChI is InChI=1S/C13H21ClN4O/c1-9(2)18(7-10-4-3-5-15-6-10)12-11(14)13(19)17-8-16-12/h8-10,15H,3-7H2,1-2H3,(H,16,17,19). The highest BCUT2D eigenvalue weighted by molar-refractivity contribution is 6.32. The molecule has 106 valence electrons. The number of anilines is 1. The number of aromatic amines is 1. The molecule has 5 nitrogen and oxygen atoms in total. The van der Waals surface area contributed by atoms with Gasteiger partial charge in [-0.2, -0.15) is 0 Å². The van der Waals surface area contributed by atoms with E-state index in [0.717, 1.165) is 19.6 Å². The number of nitrogens with zero attached hydrogens (tertiary/aromatic N) is 2. The molecule has 1 aliphatic heterocycles. The normalized spacial score (nSPS) is 19.7. The van der Waals surface area contributed by atoms with Crippen LogP contribution in [0.2, 0.25) is 5.02 Å². The smallest absolute Gasteiger partial charge is 0.271 e. The topological polar surface area (TPSA) is 61.0 Å². The number of hydrogen-bond acceptors (Lipinski definition) is 4. The second-order valence-corrected chi connectivity index (χ2v) is 5.71. The Morgan fingerprint density at radius 3 is 3.00 bits per heavy atom. The molecule has 2 rings (SSSR count). The molecule has 1 aromatic rings. The van der Waals surface area contributed by atoms with E-state index in [4.69, 9.17) is 11.6 Å². The van der Waals surface area contributed by atoms with Crippen molar-refractivity contribution < 1.29 is 0 Å². The number of hydrogen-bond donors (Lipinski definition) is 2. The van der Waals surface area contributed by atoms with E-state index in [-0.39, 0.29) is 16.6 Å². The summed E-state index contributed by atoms with van der Waals surface area (Å²) in [7, 11) is 0. The van der Waals surface area contributed by atoms with Crippen molar-refractivity contribution in [3.05, 3.63) is 21.7 Å². The third-order valence-electron chi connectivity index (χ3n) is 3.53. The molecule has 1 aliphatic rings. The molecule has 1 saturated heterocycles. The molecule has 6 heteroatoms. The SMILES string of the molecule is CC(C)N(CC1CCCNC1)c1nc[nH]c(=O)c1Cl. The number of H-pyrrole nitrogens is 1. The molecule has 0 aromatic carbocycles. The van der Waals surface area contributed by atoms with Gasteiger partial charge in [-0.05, 0) is 45.7 Å². The van der Waals surface area contributed by atoms with Gasteiger partial charge in [0.15, 0.2) is 5.82 Å². The summed E-state index contributed by atoms with van der Waals surface area (Å²) in [6.45, 7) is 7.18. The Bertz CT molecular complexity index is 468. The van der Waals surface area contributed by atoms with Crippen LogP contribution >= 0.6 is 11.6 Å². The Morgan fingerprint density at radius 1 is 1.58 bits per heavy atom. The highest BCUT2D eigenvalue weighted by Crippen LogP contribution is 2.23. The molecule has 0 spiro atoms. The predicted molar refractivity (Wildman–Crippen MR) is 77.9 cm³/mol. The summed E-state index contributed by atoms with van der Waals surface area (Å²) in [6, 6.07) is 0.258. The van der Waals surface area contributed by atoms with Crippen molar-refractivity contribution in [3.8, 4) is 0 Å². The molecule has 19 heavy (non-hydrogen) atoms. The molecule has 1 atom stereocenters. The third kappa shape index (κ3) is 3.48. The first kappa shape index (κ1) is 14.3. The summed E-state index contributed by atoms with van der Waals surface area (Å²) < 4.78 is 0. The van der Waals surface area contributed by atoms with Crippen molar-refractivity contribution in [2.45, 2.75) is 32.7 Å². The van der Waals surface area contributed by atoms with Crippen molar-refractivity contribution in [1.82, 2.24) is 15.3 Å². The Morgan fingerprint density at radius 2 is 2.37 bits per heavy atom. The van der Waals surface area contributed by atoms with Crippen LogP contribution in [0.15, 0.2) is 11.1 Å². The average molecular weight is 285 g/mol. The van der Waals surface area contributed by atoms with E-state index in [9.17, 15) is 4.79 Å². The first-order valence-electron chi connectivity index (χ1n) is 6.80. The van der Waals surface area contributed by atoms with Crippen molar-refractivity contribution in [3.63, 3.8) is 0 Å². The molecule has 1 unspecified atom stereocenters. The zero-order chi connectivity index (χ0) is 13.8. The highest BCUT2D eigenvalue weighted by atomic mass is 35.5. The summed E-state index contributed by atoms with van der Waals surface area (Å²) in [5.74, 6) is 1.17. The van der Waals surface area contributed by atoms with E-state index in [2.05, 4.69) is 34.0 Å². The van der Waals surface area contributed by atoms with Crippen LogP contribution in [0.5, 0.6) is 0 Å². The van der Waals surface area contributed by atoms with Crippen LogP contribution in [0.4, 0.5) is 5.82 Å². The first-order chi connectivity index (χ1) is 9.09. The molecule has 1 aromatic heterocycles. The third-order valence-corrected chi connectivity index (χ3v) is 3.87. The summed E-state index contributed by atoms with van der Waals surface area (Å²) >= 11 is 6.09. The lowest BCUT2D eigenvalue weighted by atomic mass is 9.98. The number of piperidine rings is 1. The van der Waals surface area contributed by atoms with Gasteiger partial charge in [0.25, 0.3) is 5.56 Å². The Hall–Kier alpha value is -1.07. The second kappa shape index (κ2) is 6.39. The molecule has 2 N–H and O–H groups in total. The van der Waals surface area contributed by atoms with Gasteiger partial charge in [0.2, 0.25) is 0 Å². The van der Waals surface area contributed by atoms with Gasteiger partial charge in [-0.15, -0.1) is 0 Å². The quantitative estimate of drug-likeness (QED) is 0.882. The lowest BCUT2D eigenvalue weighted by Crippen LogP contribution is -2.42. The van der Waals surface area contributed by atoms with Crippen molar-refractivity contribution >= 4 is 17.4 Å². The molecular weight excluding hydrogens is 264 g/mol. The second-order valence-electron chi connectivity index (χ2n) is 5.33. The minimum Gasteiger partial charge on any atom is -0.352 e. The zero-order valence-corrected chi connectivity index (χ0v) is 12.2. The van der Waals surface area contributed by atoms with E-state index in [1.807, 2.05) is 0 Å². The summed E-state index contributed by atoms with van der Waals surface area (Å²) in [4.78, 5) is 20.5. The van der Waals surface area contributed by atoms with E-state index in [0.29, 0.717) is 11.7 Å². The van der Waals surface area contributed by atoms with Gasteiger partial charge in [-0.3, -0.25) is 4.79 Å². The fraction of sp³-hybridized carbons (Fsp3) is 0.692. The predicted octanol–water partition coefficient (Wildman–Crippen LogP) is 1.64. The Kier molecular flexibility index (Phi) is 4.82. The molecule has 0 aliphatic carbocycles. The minimum absolute atomic E-state index is 0.181. The van der Waals surface area contributed by atoms with Crippen LogP contribution in [0.25, 0.3) is 0 Å². The fourth-order valence-corrected chi connectivity index (χ4v) is 2.69. The van der Waals surface area contributed by atoms with Crippen LogP contribution in [-0.4, -0.2) is 35.6 Å². The van der Waals surface area contributed by atoms with Gasteiger partial charge in [0.1, 0.15) is 5.02 Å². The van der Waals surface area contributed by atoms with Crippen molar-refractivity contribution in [2.24, 2.45) is 5.92 Å². The summed E-state index contributed by atoms with van der Waals surface area (Å²) in [5, 5.41) is 3.59. The molecule has 2 heterocycles. The number of rotatable bonds is 4. The van der Waals surface area contributed by atoms with Gasteiger partial charge in [-0.25, -0.2) is 4.98 Å². The average Bonchev–Trinajstić information content (AvgIpc) is 2.40. The van der Waals surface area contributed by atoms with Gasteiger partial charge < -0.3 is 15.2 Å². The maximum Gasteiger partial charge on any atom is 0.271 e. The molecule has 0 saturated carbocycles. The van der Waals surface area contributed by atoms with Gasteiger partial charge in [-0.1, -0.05) is 11.6 Å². The maximum atomic E-state index is 11.6. The molecule has 0 bridgehead atoms.